The van der Waals surface area contributed by atoms with E-state index in [1.165, 1.54) is 12.1 Å². The van der Waals surface area contributed by atoms with Gasteiger partial charge < -0.3 is 14.5 Å². The molecule has 1 aromatic rings. The Kier molecular flexibility index (Phi) is 4.72. The third kappa shape index (κ3) is 4.63. The molecule has 1 aliphatic heterocycles. The zero-order valence-corrected chi connectivity index (χ0v) is 11.7. The molecule has 116 valence electrons. The molecule has 1 saturated heterocycles. The molecule has 0 bridgehead atoms. The molecule has 1 aliphatic rings. The first-order valence-corrected chi connectivity index (χ1v) is 6.69. The van der Waals surface area contributed by atoms with Crippen molar-refractivity contribution >= 4 is 5.91 Å². The largest absolute Gasteiger partial charge is 0.573 e. The summed E-state index contributed by atoms with van der Waals surface area (Å²) in [5.41, 5.74) is 0.370. The van der Waals surface area contributed by atoms with Gasteiger partial charge in [0.15, 0.2) is 0 Å². The van der Waals surface area contributed by atoms with Gasteiger partial charge >= 0.3 is 6.36 Å². The summed E-state index contributed by atoms with van der Waals surface area (Å²) in [7, 11) is 2.00. The van der Waals surface area contributed by atoms with Gasteiger partial charge in [-0.2, -0.15) is 0 Å². The van der Waals surface area contributed by atoms with E-state index in [0.717, 1.165) is 31.6 Å². The van der Waals surface area contributed by atoms with Gasteiger partial charge in [-0.15, -0.1) is 13.2 Å². The van der Waals surface area contributed by atoms with Gasteiger partial charge in [0.25, 0.3) is 5.91 Å². The van der Waals surface area contributed by atoms with Gasteiger partial charge in [0.05, 0.1) is 0 Å². The van der Waals surface area contributed by atoms with Gasteiger partial charge in [-0.3, -0.25) is 4.79 Å². The van der Waals surface area contributed by atoms with Crippen molar-refractivity contribution in [3.63, 3.8) is 0 Å². The maximum atomic E-state index is 12.3. The second-order valence-electron chi connectivity index (χ2n) is 5.02. The van der Waals surface area contributed by atoms with Gasteiger partial charge in [-0.1, -0.05) is 0 Å². The molecule has 7 heteroatoms. The second kappa shape index (κ2) is 6.34. The number of carbonyl (C=O) groups is 1. The Bertz CT molecular complexity index is 488. The average molecular weight is 302 g/mol. The van der Waals surface area contributed by atoms with Crippen molar-refractivity contribution in [3.8, 4) is 5.75 Å². The van der Waals surface area contributed by atoms with Crippen LogP contribution in [0.3, 0.4) is 0 Å². The lowest BCUT2D eigenvalue weighted by Crippen LogP contribution is -2.34. The number of likely N-dealkylation sites (N-methyl/N-ethyl adjacent to an activating group) is 1. The molecule has 0 atom stereocenters. The Labute approximate surface area is 121 Å². The molecule has 0 spiro atoms. The summed E-state index contributed by atoms with van der Waals surface area (Å²) in [5, 5.41) is 0. The van der Waals surface area contributed by atoms with Crippen molar-refractivity contribution in [2.75, 3.05) is 33.2 Å². The van der Waals surface area contributed by atoms with E-state index in [2.05, 4.69) is 9.64 Å². The van der Waals surface area contributed by atoms with Gasteiger partial charge in [0, 0.05) is 25.2 Å². The number of halogens is 3. The normalized spacial score (nSPS) is 17.4. The fourth-order valence-electron chi connectivity index (χ4n) is 2.23. The van der Waals surface area contributed by atoms with Gasteiger partial charge in [0.2, 0.25) is 0 Å². The number of rotatable bonds is 2. The second-order valence-corrected chi connectivity index (χ2v) is 5.02. The molecular formula is C14H17F3N2O2. The number of amides is 1. The van der Waals surface area contributed by atoms with Crippen LogP contribution < -0.4 is 4.74 Å². The molecule has 21 heavy (non-hydrogen) atoms. The number of nitrogens with zero attached hydrogens (tertiary/aromatic N) is 2. The van der Waals surface area contributed by atoms with Crippen molar-refractivity contribution in [1.29, 1.82) is 0 Å². The standard InChI is InChI=1S/C14H17F3N2O2/c1-18-7-2-8-19(10-9-18)13(20)11-3-5-12(6-4-11)21-14(15,16)17/h3-6H,2,7-10H2,1H3. The molecule has 1 fully saturated rings. The lowest BCUT2D eigenvalue weighted by Gasteiger charge is -2.20. The quantitative estimate of drug-likeness (QED) is 0.841. The fraction of sp³-hybridized carbons (Fsp3) is 0.500. The molecule has 2 rings (SSSR count). The van der Waals surface area contributed by atoms with Crippen LogP contribution in [0.4, 0.5) is 13.2 Å². The van der Waals surface area contributed by atoms with Crippen molar-refractivity contribution in [1.82, 2.24) is 9.80 Å². The Balaban J connectivity index is 2.02. The first kappa shape index (κ1) is 15.6. The summed E-state index contributed by atoms with van der Waals surface area (Å²) >= 11 is 0. The lowest BCUT2D eigenvalue weighted by atomic mass is 10.2. The van der Waals surface area contributed by atoms with Gasteiger partial charge in [-0.25, -0.2) is 0 Å². The molecule has 1 amide bonds. The summed E-state index contributed by atoms with van der Waals surface area (Å²) in [5.74, 6) is -0.487. The van der Waals surface area contributed by atoms with Crippen molar-refractivity contribution in [2.24, 2.45) is 0 Å². The highest BCUT2D eigenvalue weighted by molar-refractivity contribution is 5.94. The van der Waals surface area contributed by atoms with Crippen LogP contribution >= 0.6 is 0 Å². The molecular weight excluding hydrogens is 285 g/mol. The molecule has 1 aromatic carbocycles. The van der Waals surface area contributed by atoms with Gasteiger partial charge in [0.1, 0.15) is 5.75 Å². The predicted octanol–water partition coefficient (Wildman–Crippen LogP) is 2.36. The predicted molar refractivity (Wildman–Crippen MR) is 71.1 cm³/mol. The zero-order chi connectivity index (χ0) is 15.5. The summed E-state index contributed by atoms with van der Waals surface area (Å²) in [6.07, 6.45) is -3.83. The van der Waals surface area contributed by atoms with Crippen LogP contribution in [0, 0.1) is 0 Å². The monoisotopic (exact) mass is 302 g/mol. The van der Waals surface area contributed by atoms with Crippen LogP contribution in [-0.2, 0) is 0 Å². The van der Waals surface area contributed by atoms with E-state index >= 15 is 0 Å². The first-order chi connectivity index (χ1) is 9.85. The highest BCUT2D eigenvalue weighted by Gasteiger charge is 2.31. The first-order valence-electron chi connectivity index (χ1n) is 6.69. The average Bonchev–Trinajstić information content (AvgIpc) is 2.62. The van der Waals surface area contributed by atoms with Crippen LogP contribution in [0.1, 0.15) is 16.8 Å². The van der Waals surface area contributed by atoms with E-state index in [1.807, 2.05) is 7.05 Å². The highest BCUT2D eigenvalue weighted by Crippen LogP contribution is 2.23. The number of hydrogen-bond acceptors (Lipinski definition) is 3. The molecule has 0 aliphatic carbocycles. The van der Waals surface area contributed by atoms with Crippen LogP contribution in [0.2, 0.25) is 0 Å². The van der Waals surface area contributed by atoms with E-state index < -0.39 is 6.36 Å². The van der Waals surface area contributed by atoms with Crippen molar-refractivity contribution in [3.05, 3.63) is 29.8 Å². The number of carbonyl (C=O) groups excluding carboxylic acids is 1. The SMILES string of the molecule is CN1CCCN(C(=O)c2ccc(OC(F)(F)F)cc2)CC1. The van der Waals surface area contributed by atoms with E-state index in [1.54, 1.807) is 4.90 Å². The Morgan fingerprint density at radius 3 is 2.38 bits per heavy atom. The molecule has 0 radical (unpaired) electrons. The minimum Gasteiger partial charge on any atom is -0.406 e. The molecule has 0 aromatic heterocycles. The third-order valence-corrected chi connectivity index (χ3v) is 3.34. The summed E-state index contributed by atoms with van der Waals surface area (Å²) < 4.78 is 40.0. The smallest absolute Gasteiger partial charge is 0.406 e. The van der Waals surface area contributed by atoms with E-state index in [4.69, 9.17) is 0 Å². The van der Waals surface area contributed by atoms with Gasteiger partial charge in [-0.05, 0) is 44.3 Å². The Morgan fingerprint density at radius 1 is 1.10 bits per heavy atom. The highest BCUT2D eigenvalue weighted by atomic mass is 19.4. The minimum atomic E-state index is -4.72. The van der Waals surface area contributed by atoms with Crippen LogP contribution in [0.25, 0.3) is 0 Å². The van der Waals surface area contributed by atoms with Crippen LogP contribution in [0.15, 0.2) is 24.3 Å². The van der Waals surface area contributed by atoms with E-state index in [9.17, 15) is 18.0 Å². The molecule has 0 N–H and O–H groups in total. The molecule has 0 saturated carbocycles. The number of benzene rings is 1. The number of alkyl halides is 3. The lowest BCUT2D eigenvalue weighted by molar-refractivity contribution is -0.274. The van der Waals surface area contributed by atoms with E-state index in [-0.39, 0.29) is 11.7 Å². The topological polar surface area (TPSA) is 32.8 Å². The zero-order valence-electron chi connectivity index (χ0n) is 11.7. The van der Waals surface area contributed by atoms with Crippen LogP contribution in [0.5, 0.6) is 5.75 Å². The van der Waals surface area contributed by atoms with Crippen molar-refractivity contribution < 1.29 is 22.7 Å². The summed E-state index contributed by atoms with van der Waals surface area (Å²) in [6.45, 7) is 3.00. The molecule has 0 unspecified atom stereocenters. The molecule has 4 nitrogen and oxygen atoms in total. The fourth-order valence-corrected chi connectivity index (χ4v) is 2.23. The van der Waals surface area contributed by atoms with Crippen molar-refractivity contribution in [2.45, 2.75) is 12.8 Å². The summed E-state index contributed by atoms with van der Waals surface area (Å²) in [6, 6.07) is 5.03. The number of hydrogen-bond donors (Lipinski definition) is 0. The van der Waals surface area contributed by atoms with E-state index in [0.29, 0.717) is 18.7 Å². The Hall–Kier alpha value is -1.76. The maximum absolute atomic E-state index is 12.3. The third-order valence-electron chi connectivity index (χ3n) is 3.34. The Morgan fingerprint density at radius 2 is 1.76 bits per heavy atom. The summed E-state index contributed by atoms with van der Waals surface area (Å²) in [4.78, 5) is 16.2. The number of ether oxygens (including phenoxy) is 1. The molecule has 1 heterocycles. The minimum absolute atomic E-state index is 0.163. The maximum Gasteiger partial charge on any atom is 0.573 e. The van der Waals surface area contributed by atoms with Crippen LogP contribution in [-0.4, -0.2) is 55.3 Å².